The Bertz CT molecular complexity index is 805. The van der Waals surface area contributed by atoms with E-state index in [0.29, 0.717) is 25.6 Å². The SMILES string of the molecule is CC(C)c1ccc(OC/C=C/c2ccc(CN3CCN(C(=O)O)CC3)cc2)cc1. The molecule has 2 aromatic carbocycles. The van der Waals surface area contributed by atoms with Crippen molar-refractivity contribution < 1.29 is 14.6 Å². The van der Waals surface area contributed by atoms with Crippen LogP contribution in [0, 0.1) is 0 Å². The lowest BCUT2D eigenvalue weighted by Crippen LogP contribution is -2.47. The number of piperazine rings is 1. The Morgan fingerprint density at radius 3 is 2.28 bits per heavy atom. The Morgan fingerprint density at radius 2 is 1.69 bits per heavy atom. The molecule has 3 rings (SSSR count). The van der Waals surface area contributed by atoms with E-state index in [1.165, 1.54) is 16.0 Å². The summed E-state index contributed by atoms with van der Waals surface area (Å²) in [5.41, 5.74) is 3.70. The second-order valence-corrected chi connectivity index (χ2v) is 7.72. The zero-order chi connectivity index (χ0) is 20.6. The van der Waals surface area contributed by atoms with Crippen molar-refractivity contribution in [2.75, 3.05) is 32.8 Å². The molecule has 0 atom stereocenters. The van der Waals surface area contributed by atoms with E-state index in [0.717, 1.165) is 30.9 Å². The van der Waals surface area contributed by atoms with Crippen molar-refractivity contribution in [1.82, 2.24) is 9.80 Å². The predicted octanol–water partition coefficient (Wildman–Crippen LogP) is 4.70. The van der Waals surface area contributed by atoms with E-state index < -0.39 is 6.09 Å². The van der Waals surface area contributed by atoms with Gasteiger partial charge in [0, 0.05) is 32.7 Å². The molecular weight excluding hydrogens is 364 g/mol. The highest BCUT2D eigenvalue weighted by Gasteiger charge is 2.20. The summed E-state index contributed by atoms with van der Waals surface area (Å²) in [4.78, 5) is 14.7. The van der Waals surface area contributed by atoms with Gasteiger partial charge in [-0.1, -0.05) is 56.3 Å². The van der Waals surface area contributed by atoms with Gasteiger partial charge in [-0.05, 0) is 40.8 Å². The lowest BCUT2D eigenvalue weighted by molar-refractivity contribution is 0.103. The quantitative estimate of drug-likeness (QED) is 0.740. The molecule has 2 aromatic rings. The summed E-state index contributed by atoms with van der Waals surface area (Å²) >= 11 is 0. The van der Waals surface area contributed by atoms with Crippen molar-refractivity contribution in [2.24, 2.45) is 0 Å². The lowest BCUT2D eigenvalue weighted by Gasteiger charge is -2.33. The Kier molecular flexibility index (Phi) is 7.30. The molecular formula is C24H30N2O3. The number of carboxylic acid groups (broad SMARTS) is 1. The summed E-state index contributed by atoms with van der Waals surface area (Å²) in [6.45, 7) is 8.48. The van der Waals surface area contributed by atoms with Crippen LogP contribution in [-0.2, 0) is 6.54 Å². The van der Waals surface area contributed by atoms with Crippen LogP contribution in [0.2, 0.25) is 0 Å². The smallest absolute Gasteiger partial charge is 0.407 e. The summed E-state index contributed by atoms with van der Waals surface area (Å²) in [5, 5.41) is 9.02. The number of nitrogens with zero attached hydrogens (tertiary/aromatic N) is 2. The van der Waals surface area contributed by atoms with Crippen molar-refractivity contribution >= 4 is 12.2 Å². The molecule has 0 spiro atoms. The maximum absolute atomic E-state index is 11.0. The molecule has 0 aliphatic carbocycles. The highest BCUT2D eigenvalue weighted by Crippen LogP contribution is 2.18. The Morgan fingerprint density at radius 1 is 1.03 bits per heavy atom. The van der Waals surface area contributed by atoms with Gasteiger partial charge in [-0.3, -0.25) is 4.90 Å². The molecule has 0 aromatic heterocycles. The first-order valence-corrected chi connectivity index (χ1v) is 10.2. The number of hydrogen-bond donors (Lipinski definition) is 1. The van der Waals surface area contributed by atoms with Crippen molar-refractivity contribution in [3.63, 3.8) is 0 Å². The molecule has 0 unspecified atom stereocenters. The molecule has 1 saturated heterocycles. The molecule has 1 aliphatic heterocycles. The van der Waals surface area contributed by atoms with Crippen LogP contribution in [0.4, 0.5) is 4.79 Å². The summed E-state index contributed by atoms with van der Waals surface area (Å²) in [5.74, 6) is 1.42. The third kappa shape index (κ3) is 6.36. The van der Waals surface area contributed by atoms with Gasteiger partial charge in [0.15, 0.2) is 0 Å². The fourth-order valence-electron chi connectivity index (χ4n) is 3.37. The summed E-state index contributed by atoms with van der Waals surface area (Å²) in [6, 6.07) is 16.8. The number of rotatable bonds is 7. The van der Waals surface area contributed by atoms with Gasteiger partial charge in [-0.25, -0.2) is 4.79 Å². The van der Waals surface area contributed by atoms with Crippen molar-refractivity contribution in [1.29, 1.82) is 0 Å². The molecule has 1 amide bonds. The van der Waals surface area contributed by atoms with E-state index >= 15 is 0 Å². The van der Waals surface area contributed by atoms with Gasteiger partial charge >= 0.3 is 6.09 Å². The summed E-state index contributed by atoms with van der Waals surface area (Å²) < 4.78 is 5.77. The van der Waals surface area contributed by atoms with E-state index in [1.807, 2.05) is 18.2 Å². The maximum Gasteiger partial charge on any atom is 0.407 e. The predicted molar refractivity (Wildman–Crippen MR) is 116 cm³/mol. The summed E-state index contributed by atoms with van der Waals surface area (Å²) in [7, 11) is 0. The highest BCUT2D eigenvalue weighted by molar-refractivity contribution is 5.65. The third-order valence-corrected chi connectivity index (χ3v) is 5.23. The average molecular weight is 395 g/mol. The summed E-state index contributed by atoms with van der Waals surface area (Å²) in [6.07, 6.45) is 3.27. The number of carbonyl (C=O) groups is 1. The first kappa shape index (κ1) is 20.9. The minimum absolute atomic E-state index is 0.529. The first-order valence-electron chi connectivity index (χ1n) is 10.2. The minimum Gasteiger partial charge on any atom is -0.490 e. The fraction of sp³-hybridized carbons (Fsp3) is 0.375. The monoisotopic (exact) mass is 394 g/mol. The average Bonchev–Trinajstić information content (AvgIpc) is 2.73. The van der Waals surface area contributed by atoms with Gasteiger partial charge in [-0.2, -0.15) is 0 Å². The van der Waals surface area contributed by atoms with E-state index in [9.17, 15) is 4.79 Å². The van der Waals surface area contributed by atoms with Crippen LogP contribution in [0.1, 0.15) is 36.5 Å². The Balaban J connectivity index is 1.42. The van der Waals surface area contributed by atoms with Gasteiger partial charge in [0.1, 0.15) is 12.4 Å². The van der Waals surface area contributed by atoms with Crippen LogP contribution in [-0.4, -0.2) is 53.8 Å². The van der Waals surface area contributed by atoms with Crippen LogP contribution in [0.3, 0.4) is 0 Å². The van der Waals surface area contributed by atoms with Crippen LogP contribution in [0.25, 0.3) is 6.08 Å². The van der Waals surface area contributed by atoms with Gasteiger partial charge in [-0.15, -0.1) is 0 Å². The molecule has 1 heterocycles. The Labute approximate surface area is 173 Å². The molecule has 154 valence electrons. The maximum atomic E-state index is 11.0. The Hall–Kier alpha value is -2.79. The van der Waals surface area contributed by atoms with Crippen LogP contribution in [0.5, 0.6) is 5.75 Å². The lowest BCUT2D eigenvalue weighted by atomic mass is 10.0. The number of amides is 1. The second-order valence-electron chi connectivity index (χ2n) is 7.72. The molecule has 29 heavy (non-hydrogen) atoms. The largest absolute Gasteiger partial charge is 0.490 e. The molecule has 1 fully saturated rings. The standard InChI is InChI=1S/C24H30N2O3/c1-19(2)22-9-11-23(12-10-22)29-17-3-4-20-5-7-21(8-6-20)18-25-13-15-26(16-14-25)24(27)28/h3-12,19H,13-18H2,1-2H3,(H,27,28)/b4-3+. The normalized spacial score (nSPS) is 15.2. The van der Waals surface area contributed by atoms with E-state index in [1.54, 1.807) is 0 Å². The number of hydrogen-bond acceptors (Lipinski definition) is 3. The van der Waals surface area contributed by atoms with E-state index in [4.69, 9.17) is 9.84 Å². The van der Waals surface area contributed by atoms with Crippen LogP contribution < -0.4 is 4.74 Å². The molecule has 0 saturated carbocycles. The van der Waals surface area contributed by atoms with Crippen molar-refractivity contribution in [3.05, 3.63) is 71.3 Å². The first-order chi connectivity index (χ1) is 14.0. The van der Waals surface area contributed by atoms with E-state index in [-0.39, 0.29) is 0 Å². The zero-order valence-corrected chi connectivity index (χ0v) is 17.3. The minimum atomic E-state index is -0.822. The van der Waals surface area contributed by atoms with Crippen molar-refractivity contribution in [3.8, 4) is 5.75 Å². The highest BCUT2D eigenvalue weighted by atomic mass is 16.5. The van der Waals surface area contributed by atoms with Gasteiger partial charge in [0.2, 0.25) is 0 Å². The topological polar surface area (TPSA) is 53.0 Å². The van der Waals surface area contributed by atoms with Crippen LogP contribution >= 0.6 is 0 Å². The fourth-order valence-corrected chi connectivity index (χ4v) is 3.37. The molecule has 1 aliphatic rings. The van der Waals surface area contributed by atoms with Gasteiger partial charge < -0.3 is 14.7 Å². The zero-order valence-electron chi connectivity index (χ0n) is 17.3. The third-order valence-electron chi connectivity index (χ3n) is 5.23. The number of benzene rings is 2. The molecule has 1 N–H and O–H groups in total. The van der Waals surface area contributed by atoms with Gasteiger partial charge in [0.05, 0.1) is 0 Å². The van der Waals surface area contributed by atoms with Crippen LogP contribution in [0.15, 0.2) is 54.6 Å². The molecule has 5 heteroatoms. The molecule has 5 nitrogen and oxygen atoms in total. The van der Waals surface area contributed by atoms with Crippen molar-refractivity contribution in [2.45, 2.75) is 26.3 Å². The molecule has 0 bridgehead atoms. The van der Waals surface area contributed by atoms with Gasteiger partial charge in [0.25, 0.3) is 0 Å². The van der Waals surface area contributed by atoms with E-state index in [2.05, 4.69) is 61.2 Å². The molecule has 0 radical (unpaired) electrons. The number of ether oxygens (including phenoxy) is 1. The second kappa shape index (κ2) is 10.1.